The molecule has 0 aliphatic rings. The Labute approximate surface area is 137 Å². The smallest absolute Gasteiger partial charge is 0.193 e. The van der Waals surface area contributed by atoms with Crippen molar-refractivity contribution in [3.05, 3.63) is 102 Å². The maximum absolute atomic E-state index is 11.8. The van der Waals surface area contributed by atoms with Crippen LogP contribution in [-0.2, 0) is 10.7 Å². The number of ketones is 1. The molecule has 0 radical (unpaired) electrons. The fourth-order valence-corrected chi connectivity index (χ4v) is 2.31. The molecule has 3 rings (SSSR count). The summed E-state index contributed by atoms with van der Waals surface area (Å²) in [5.74, 6) is 0.0752. The van der Waals surface area contributed by atoms with Crippen LogP contribution in [0.5, 0.6) is 0 Å². The summed E-state index contributed by atoms with van der Waals surface area (Å²) in [5, 5.41) is 0. The summed E-state index contributed by atoms with van der Waals surface area (Å²) in [6.07, 6.45) is 0. The standard InChI is InChI=1S/C13H10O.C6H6O2S/c14-13(11-7-3-1-4-8-11)12-9-5-2-6-10-12;7-9(8)6-4-2-1-3-5-6/h1-10H;1-5,9H. The lowest BCUT2D eigenvalue weighted by Gasteiger charge is -1.99. The van der Waals surface area contributed by atoms with E-state index < -0.39 is 10.7 Å². The lowest BCUT2D eigenvalue weighted by atomic mass is 10.0. The molecule has 0 aliphatic heterocycles. The predicted molar refractivity (Wildman–Crippen MR) is 91.3 cm³/mol. The van der Waals surface area contributed by atoms with Gasteiger partial charge in [-0.1, -0.05) is 78.9 Å². The van der Waals surface area contributed by atoms with Gasteiger partial charge in [0.15, 0.2) is 16.5 Å². The normalized spacial score (nSPS) is 9.78. The van der Waals surface area contributed by atoms with E-state index in [9.17, 15) is 13.2 Å². The minimum absolute atomic E-state index is 0.0752. The summed E-state index contributed by atoms with van der Waals surface area (Å²) in [4.78, 5) is 12.2. The van der Waals surface area contributed by atoms with Crippen molar-refractivity contribution < 1.29 is 13.2 Å². The first-order valence-electron chi connectivity index (χ1n) is 7.02. The number of benzene rings is 3. The molecular formula is C19H16O3S. The van der Waals surface area contributed by atoms with Crippen LogP contribution >= 0.6 is 0 Å². The van der Waals surface area contributed by atoms with Gasteiger partial charge in [0.05, 0.1) is 4.90 Å². The van der Waals surface area contributed by atoms with Gasteiger partial charge in [0.2, 0.25) is 0 Å². The zero-order valence-corrected chi connectivity index (χ0v) is 13.2. The minimum atomic E-state index is -2.40. The van der Waals surface area contributed by atoms with Gasteiger partial charge >= 0.3 is 0 Å². The molecule has 0 saturated heterocycles. The quantitative estimate of drug-likeness (QED) is 0.592. The van der Waals surface area contributed by atoms with E-state index in [4.69, 9.17) is 0 Å². The van der Waals surface area contributed by atoms with Crippen molar-refractivity contribution in [2.75, 3.05) is 0 Å². The number of carbonyl (C=O) groups excluding carboxylic acids is 1. The van der Waals surface area contributed by atoms with Gasteiger partial charge in [-0.25, -0.2) is 8.42 Å². The monoisotopic (exact) mass is 324 g/mol. The van der Waals surface area contributed by atoms with E-state index in [-0.39, 0.29) is 5.78 Å². The highest BCUT2D eigenvalue weighted by Gasteiger charge is 2.06. The highest BCUT2D eigenvalue weighted by molar-refractivity contribution is 7.72. The highest BCUT2D eigenvalue weighted by Crippen LogP contribution is 2.08. The Kier molecular flexibility index (Phi) is 6.27. The molecule has 0 spiro atoms. The Morgan fingerprint density at radius 1 is 0.565 bits per heavy atom. The molecule has 0 saturated carbocycles. The van der Waals surface area contributed by atoms with Crippen LogP contribution in [0.4, 0.5) is 0 Å². The summed E-state index contributed by atoms with van der Waals surface area (Å²) >= 11 is 0. The maximum Gasteiger partial charge on any atom is 0.193 e. The molecule has 0 bridgehead atoms. The zero-order chi connectivity index (χ0) is 16.5. The molecule has 0 unspecified atom stereocenters. The third-order valence-corrected chi connectivity index (χ3v) is 3.76. The van der Waals surface area contributed by atoms with E-state index in [1.165, 1.54) is 0 Å². The number of hydrogen-bond donors (Lipinski definition) is 1. The summed E-state index contributed by atoms with van der Waals surface area (Å²) in [6.45, 7) is 0. The van der Waals surface area contributed by atoms with E-state index in [1.807, 2.05) is 60.7 Å². The predicted octanol–water partition coefficient (Wildman–Crippen LogP) is 3.57. The lowest BCUT2D eigenvalue weighted by molar-refractivity contribution is 0.103. The Hall–Kier alpha value is -2.72. The number of thiol groups is 1. The van der Waals surface area contributed by atoms with Crippen molar-refractivity contribution in [1.29, 1.82) is 0 Å². The van der Waals surface area contributed by atoms with Crippen LogP contribution in [0.2, 0.25) is 0 Å². The second-order valence-corrected chi connectivity index (χ2v) is 5.68. The van der Waals surface area contributed by atoms with Crippen LogP contribution in [0.25, 0.3) is 0 Å². The van der Waals surface area contributed by atoms with Crippen molar-refractivity contribution in [3.63, 3.8) is 0 Å². The molecule has 0 heterocycles. The van der Waals surface area contributed by atoms with Gasteiger partial charge in [-0.05, 0) is 12.1 Å². The number of hydrogen-bond acceptors (Lipinski definition) is 3. The maximum atomic E-state index is 11.8. The van der Waals surface area contributed by atoms with Crippen LogP contribution in [0, 0.1) is 0 Å². The molecule has 0 aliphatic carbocycles. The summed E-state index contributed by atoms with van der Waals surface area (Å²) in [6, 6.07) is 26.9. The highest BCUT2D eigenvalue weighted by atomic mass is 32.2. The Balaban J connectivity index is 0.000000185. The number of rotatable bonds is 3. The van der Waals surface area contributed by atoms with Crippen LogP contribution in [0.15, 0.2) is 95.9 Å². The molecule has 0 atom stereocenters. The molecule has 116 valence electrons. The molecule has 3 aromatic rings. The van der Waals surface area contributed by atoms with Crippen molar-refractivity contribution in [2.24, 2.45) is 0 Å². The van der Waals surface area contributed by atoms with E-state index in [1.54, 1.807) is 30.3 Å². The first-order chi connectivity index (χ1) is 11.2. The molecular weight excluding hydrogens is 308 g/mol. The average Bonchev–Trinajstić information content (AvgIpc) is 2.64. The van der Waals surface area contributed by atoms with E-state index in [0.717, 1.165) is 11.1 Å². The third kappa shape index (κ3) is 5.20. The first-order valence-corrected chi connectivity index (χ1v) is 8.20. The number of carbonyl (C=O) groups is 1. The van der Waals surface area contributed by atoms with Crippen molar-refractivity contribution in [1.82, 2.24) is 0 Å². The Morgan fingerprint density at radius 2 is 0.913 bits per heavy atom. The van der Waals surface area contributed by atoms with Gasteiger partial charge in [0, 0.05) is 11.1 Å². The lowest BCUT2D eigenvalue weighted by Crippen LogP contribution is -1.99. The molecule has 3 aromatic carbocycles. The average molecular weight is 324 g/mol. The zero-order valence-electron chi connectivity index (χ0n) is 12.3. The molecule has 0 amide bonds. The Morgan fingerprint density at radius 3 is 1.22 bits per heavy atom. The minimum Gasteiger partial charge on any atom is -0.289 e. The van der Waals surface area contributed by atoms with Crippen molar-refractivity contribution in [3.8, 4) is 0 Å². The first kappa shape index (κ1) is 16.6. The molecule has 4 heteroatoms. The van der Waals surface area contributed by atoms with E-state index in [2.05, 4.69) is 0 Å². The van der Waals surface area contributed by atoms with Crippen LogP contribution in [0.1, 0.15) is 15.9 Å². The van der Waals surface area contributed by atoms with Gasteiger partial charge in [-0.3, -0.25) is 4.79 Å². The SMILES string of the molecule is O=C(c1ccccc1)c1ccccc1.O=[SH](=O)c1ccccc1. The summed E-state index contributed by atoms with van der Waals surface area (Å²) < 4.78 is 20.5. The van der Waals surface area contributed by atoms with Crippen LogP contribution in [0.3, 0.4) is 0 Å². The molecule has 0 aromatic heterocycles. The van der Waals surface area contributed by atoms with Crippen molar-refractivity contribution in [2.45, 2.75) is 4.90 Å². The van der Waals surface area contributed by atoms with Crippen LogP contribution in [-0.4, -0.2) is 14.2 Å². The second-order valence-electron chi connectivity index (χ2n) is 4.65. The summed E-state index contributed by atoms with van der Waals surface area (Å²) in [7, 11) is -2.40. The third-order valence-electron chi connectivity index (χ3n) is 3.04. The fourth-order valence-electron chi connectivity index (χ4n) is 1.90. The van der Waals surface area contributed by atoms with E-state index >= 15 is 0 Å². The van der Waals surface area contributed by atoms with Gasteiger partial charge in [0.1, 0.15) is 0 Å². The molecule has 0 fully saturated rings. The molecule has 0 N–H and O–H groups in total. The molecule has 3 nitrogen and oxygen atoms in total. The van der Waals surface area contributed by atoms with Gasteiger partial charge < -0.3 is 0 Å². The topological polar surface area (TPSA) is 51.2 Å². The largest absolute Gasteiger partial charge is 0.289 e. The summed E-state index contributed by atoms with van der Waals surface area (Å²) in [5.41, 5.74) is 1.47. The molecule has 23 heavy (non-hydrogen) atoms. The second kappa shape index (κ2) is 8.66. The van der Waals surface area contributed by atoms with Gasteiger partial charge in [-0.15, -0.1) is 0 Å². The van der Waals surface area contributed by atoms with Crippen molar-refractivity contribution >= 4 is 16.5 Å². The van der Waals surface area contributed by atoms with Crippen LogP contribution < -0.4 is 0 Å². The van der Waals surface area contributed by atoms with Gasteiger partial charge in [0.25, 0.3) is 0 Å². The Bertz CT molecular complexity index is 762. The van der Waals surface area contributed by atoms with E-state index in [0.29, 0.717) is 4.90 Å². The van der Waals surface area contributed by atoms with Gasteiger partial charge in [-0.2, -0.15) is 0 Å². The fraction of sp³-hybridized carbons (Fsp3) is 0.